The van der Waals surface area contributed by atoms with E-state index in [0.29, 0.717) is 137 Å². The van der Waals surface area contributed by atoms with E-state index in [9.17, 15) is 24.0 Å². The summed E-state index contributed by atoms with van der Waals surface area (Å²) in [7, 11) is -21.6. The lowest BCUT2D eigenvalue weighted by molar-refractivity contribution is -0.145. The molecular formula is C69H151NO27Si8. The molecule has 4 unspecified atom stereocenters. The number of amides is 1. The van der Waals surface area contributed by atoms with E-state index in [4.69, 9.17) is 96.8 Å². The lowest BCUT2D eigenvalue weighted by Gasteiger charge is -2.43. The van der Waals surface area contributed by atoms with Crippen LogP contribution in [0.5, 0.6) is 0 Å². The van der Waals surface area contributed by atoms with Gasteiger partial charge in [-0.05, 0) is 149 Å². The van der Waals surface area contributed by atoms with E-state index in [1.165, 1.54) is 28.3 Å². The first kappa shape index (κ1) is 108. The lowest BCUT2D eigenvalue weighted by atomic mass is 10.1. The van der Waals surface area contributed by atoms with Gasteiger partial charge < -0.3 is 102 Å². The van der Waals surface area contributed by atoms with Gasteiger partial charge in [-0.15, -0.1) is 0 Å². The molecule has 0 saturated carbocycles. The summed E-state index contributed by atoms with van der Waals surface area (Å²) in [4.78, 5) is 57.5. The van der Waals surface area contributed by atoms with Crippen LogP contribution in [0.2, 0.25) is 51.9 Å². The van der Waals surface area contributed by atoms with Gasteiger partial charge in [0.05, 0.1) is 26.4 Å². The summed E-state index contributed by atoms with van der Waals surface area (Å²) < 4.78 is 132. The second kappa shape index (κ2) is 65.9. The second-order valence-electron chi connectivity index (χ2n) is 26.0. The van der Waals surface area contributed by atoms with Crippen LogP contribution in [-0.2, 0) is 121 Å². The molecule has 0 fully saturated rings. The minimum atomic E-state index is -3.59. The molecule has 0 aliphatic carbocycles. The number of carbonyl (C=O) groups is 5. The highest BCUT2D eigenvalue weighted by atomic mass is 28.5. The zero-order valence-corrected chi connectivity index (χ0v) is 77.7. The lowest BCUT2D eigenvalue weighted by Crippen LogP contribution is -2.67. The van der Waals surface area contributed by atoms with Gasteiger partial charge in [0.15, 0.2) is 0 Å². The Morgan fingerprint density at radius 1 is 0.286 bits per heavy atom. The third-order valence-corrected chi connectivity index (χ3v) is 41.4. The highest BCUT2D eigenvalue weighted by Gasteiger charge is 2.60. The number of rotatable bonds is 70. The summed E-state index contributed by atoms with van der Waals surface area (Å²) in [6.45, 7) is 43.6. The number of carbonyl (C=O) groups excluding carboxylic acids is 5. The minimum absolute atomic E-state index is 0.0737. The molecule has 0 aromatic rings. The maximum Gasteiger partial charge on any atom is 0.671 e. The molecule has 105 heavy (non-hydrogen) atoms. The van der Waals surface area contributed by atoms with Gasteiger partial charge in [0.1, 0.15) is 0 Å². The predicted molar refractivity (Wildman–Crippen MR) is 423 cm³/mol. The number of hydrogen-bond acceptors (Lipinski definition) is 27. The molecule has 0 radical (unpaired) electrons. The van der Waals surface area contributed by atoms with Crippen molar-refractivity contribution in [3.8, 4) is 0 Å². The molecule has 0 bridgehead atoms. The van der Waals surface area contributed by atoms with Crippen molar-refractivity contribution in [3.05, 3.63) is 0 Å². The van der Waals surface area contributed by atoms with E-state index in [1.54, 1.807) is 0 Å². The molecular weight excluding hydrogens is 1500 g/mol. The SMILES string of the molecule is CCCCCCC(=O)OCCCCCC(=O)OCCCCCC(=O)OCCCCCC(=O)OCCCC.CCCO[Si](C)(C)O[Si](C)(OCCC)O[Si](C)(OCCC)O[Si](C)(OCCC)O[Si](C)(OCCC)O[Si](C)(OCCC)OCCC.CCO[Si](CCCNC(C)=O)(OCC)O[Si](OC)(OC)OC. The summed E-state index contributed by atoms with van der Waals surface area (Å²) in [6.07, 6.45) is 21.0. The van der Waals surface area contributed by atoms with Gasteiger partial charge in [-0.2, -0.15) is 0 Å². The molecule has 0 aliphatic heterocycles. The Labute approximate surface area is 644 Å². The Kier molecular flexibility index (Phi) is 67.5. The van der Waals surface area contributed by atoms with E-state index >= 15 is 0 Å². The normalized spacial score (nSPS) is 14.3. The Bertz CT molecular complexity index is 2120. The van der Waals surface area contributed by atoms with Gasteiger partial charge in [0.25, 0.3) is 0 Å². The largest absolute Gasteiger partial charge is 0.671 e. The zero-order valence-electron chi connectivity index (χ0n) is 69.7. The van der Waals surface area contributed by atoms with Gasteiger partial charge in [0.2, 0.25) is 5.91 Å². The van der Waals surface area contributed by atoms with Crippen molar-refractivity contribution in [2.45, 2.75) is 308 Å². The summed E-state index contributed by atoms with van der Waals surface area (Å²) in [5.74, 6) is -0.772. The number of ether oxygens (including phenoxy) is 4. The number of unbranched alkanes of at least 4 members (excludes halogenated alkanes) is 10. The van der Waals surface area contributed by atoms with E-state index in [1.807, 2.05) is 80.4 Å². The average molecular weight is 1650 g/mol. The fraction of sp³-hybridized carbons (Fsp3) is 0.928. The smallest absolute Gasteiger partial charge is 0.466 e. The fourth-order valence-corrected chi connectivity index (χ4v) is 38.8. The van der Waals surface area contributed by atoms with Crippen LogP contribution in [0.1, 0.15) is 256 Å². The Morgan fingerprint density at radius 3 is 0.867 bits per heavy atom. The van der Waals surface area contributed by atoms with Gasteiger partial charge in [-0.25, -0.2) is 0 Å². The molecule has 0 heterocycles. The third kappa shape index (κ3) is 58.9. The van der Waals surface area contributed by atoms with Crippen LogP contribution in [-0.4, -0.2) is 214 Å². The molecule has 4 atom stereocenters. The predicted octanol–water partition coefficient (Wildman–Crippen LogP) is 15.1. The maximum absolute atomic E-state index is 11.8. The van der Waals surface area contributed by atoms with E-state index in [-0.39, 0.29) is 29.8 Å². The Morgan fingerprint density at radius 2 is 0.571 bits per heavy atom. The van der Waals surface area contributed by atoms with Crippen LogP contribution < -0.4 is 5.32 Å². The first-order valence-electron chi connectivity index (χ1n) is 39.4. The van der Waals surface area contributed by atoms with E-state index in [0.717, 1.165) is 135 Å². The van der Waals surface area contributed by atoms with E-state index in [2.05, 4.69) is 46.9 Å². The quantitative estimate of drug-likeness (QED) is 0.0256. The number of hydrogen-bond donors (Lipinski definition) is 1. The average Bonchev–Trinajstić information content (AvgIpc) is 0.789. The first-order chi connectivity index (χ1) is 49.9. The molecule has 0 saturated heterocycles. The van der Waals surface area contributed by atoms with Crippen LogP contribution >= 0.6 is 0 Å². The van der Waals surface area contributed by atoms with Crippen molar-refractivity contribution in [2.24, 2.45) is 0 Å². The van der Waals surface area contributed by atoms with Crippen molar-refractivity contribution in [2.75, 3.05) is 114 Å². The number of nitrogens with one attached hydrogen (secondary N) is 1. The molecule has 0 rings (SSSR count). The van der Waals surface area contributed by atoms with Gasteiger partial charge in [0, 0.05) is 159 Å². The minimum Gasteiger partial charge on any atom is -0.466 e. The van der Waals surface area contributed by atoms with Crippen molar-refractivity contribution >= 4 is 100 Å². The highest BCUT2D eigenvalue weighted by molar-refractivity contribution is 6.86. The van der Waals surface area contributed by atoms with Gasteiger partial charge in [-0.1, -0.05) is 88.0 Å². The monoisotopic (exact) mass is 1650 g/mol. The summed E-state index contributed by atoms with van der Waals surface area (Å²) in [5, 5.41) is 2.74. The molecule has 0 aliphatic rings. The molecule has 1 N–H and O–H groups in total. The molecule has 0 aromatic carbocycles. The van der Waals surface area contributed by atoms with Crippen LogP contribution in [0.4, 0.5) is 0 Å². The Balaban J connectivity index is -0.00000158. The van der Waals surface area contributed by atoms with Crippen LogP contribution in [0.25, 0.3) is 0 Å². The molecule has 0 spiro atoms. The van der Waals surface area contributed by atoms with Crippen molar-refractivity contribution < 1.29 is 121 Å². The van der Waals surface area contributed by atoms with Crippen molar-refractivity contribution in [3.63, 3.8) is 0 Å². The summed E-state index contributed by atoms with van der Waals surface area (Å²) in [6, 6.07) is 0.528. The van der Waals surface area contributed by atoms with Gasteiger partial charge >= 0.3 is 94.3 Å². The maximum atomic E-state index is 11.8. The molecule has 0 aromatic heterocycles. The summed E-state index contributed by atoms with van der Waals surface area (Å²) >= 11 is 0. The van der Waals surface area contributed by atoms with Crippen molar-refractivity contribution in [1.29, 1.82) is 0 Å². The van der Waals surface area contributed by atoms with Gasteiger partial charge in [-0.3, -0.25) is 24.0 Å². The van der Waals surface area contributed by atoms with E-state index < -0.39 is 70.4 Å². The molecule has 28 nitrogen and oxygen atoms in total. The third-order valence-electron chi connectivity index (χ3n) is 14.6. The summed E-state index contributed by atoms with van der Waals surface area (Å²) in [5.41, 5.74) is 0. The molecule has 1 amide bonds. The van der Waals surface area contributed by atoms with Crippen LogP contribution in [0.3, 0.4) is 0 Å². The highest BCUT2D eigenvalue weighted by Crippen LogP contribution is 2.32. The molecule has 36 heteroatoms. The van der Waals surface area contributed by atoms with Crippen LogP contribution in [0.15, 0.2) is 0 Å². The van der Waals surface area contributed by atoms with Crippen LogP contribution in [0, 0.1) is 0 Å². The number of esters is 4. The first-order valence-corrected chi connectivity index (χ1v) is 56.9. The zero-order chi connectivity index (χ0) is 79.8. The second-order valence-corrected chi connectivity index (χ2v) is 49.0. The Hall–Kier alpha value is -1.63. The topological polar surface area (TPSA) is 300 Å². The van der Waals surface area contributed by atoms with Crippen molar-refractivity contribution in [1.82, 2.24) is 5.32 Å². The fourth-order valence-electron chi connectivity index (χ4n) is 9.70. The standard InChI is InChI=1S/C29H52O8.C28H70O12Si6.C12H29NO7Si2/c1-3-5-7-11-18-27(31)35-23-16-9-13-20-29(33)37-25-17-10-14-21-28(32)36-24-15-8-12-19-26(30)34-22-6-4-2;1-15-22-29-41(8,9)36-43(11,32-25-18-4)38-45(13,34-27-20-6)40-46(14,35-28-21-7)39-44(12,33-26-19-5)37-42(10,30-23-16-2)31-24-17-3;1-7-18-21(19-8-2,11-9-10-13-12(3)14)20-22(15-4,16-5)17-6/h3-25H2,1-2H3;15-28H2,1-14H3;7-11H2,1-6H3,(H,13,14). The molecule has 626 valence electrons.